The van der Waals surface area contributed by atoms with Gasteiger partial charge in [0.25, 0.3) is 5.91 Å². The van der Waals surface area contributed by atoms with Gasteiger partial charge in [-0.2, -0.15) is 0 Å². The Morgan fingerprint density at radius 3 is 2.03 bits per heavy atom. The fourth-order valence-electron chi connectivity index (χ4n) is 4.12. The minimum atomic E-state index is -3.71. The van der Waals surface area contributed by atoms with Crippen LogP contribution in [0.1, 0.15) is 43.5 Å². The summed E-state index contributed by atoms with van der Waals surface area (Å²) in [4.78, 5) is 27.5. The second-order valence-electron chi connectivity index (χ2n) is 8.81. The van der Waals surface area contributed by atoms with E-state index >= 15 is 0 Å². The monoisotopic (exact) mass is 441 g/mol. The summed E-state index contributed by atoms with van der Waals surface area (Å²) >= 11 is 0. The van der Waals surface area contributed by atoms with Crippen molar-refractivity contribution in [2.45, 2.75) is 33.1 Å². The molecule has 31 heavy (non-hydrogen) atoms. The molecule has 2 amide bonds. The molecule has 0 atom stereocenters. The zero-order valence-corrected chi connectivity index (χ0v) is 18.6. The summed E-state index contributed by atoms with van der Waals surface area (Å²) in [5.74, 6) is -0.985. The first-order valence-corrected chi connectivity index (χ1v) is 12.1. The molecule has 0 saturated carbocycles. The second kappa shape index (κ2) is 8.00. The van der Waals surface area contributed by atoms with Gasteiger partial charge in [-0.3, -0.25) is 9.59 Å². The van der Waals surface area contributed by atoms with E-state index in [1.165, 1.54) is 43.5 Å². The van der Waals surface area contributed by atoms with Crippen LogP contribution < -0.4 is 14.5 Å². The van der Waals surface area contributed by atoms with Crippen molar-refractivity contribution in [2.75, 3.05) is 33.4 Å². The summed E-state index contributed by atoms with van der Waals surface area (Å²) in [6.45, 7) is 5.35. The molecule has 2 aromatic carbocycles. The summed E-state index contributed by atoms with van der Waals surface area (Å²) in [5.41, 5.74) is 1.51. The van der Waals surface area contributed by atoms with Gasteiger partial charge in [-0.05, 0) is 81.6 Å². The molecule has 0 aromatic heterocycles. The molecule has 2 aliphatic heterocycles. The van der Waals surface area contributed by atoms with Crippen LogP contribution in [0.15, 0.2) is 48.5 Å². The number of hydrogen-bond donors (Lipinski definition) is 1. The van der Waals surface area contributed by atoms with Gasteiger partial charge in [-0.1, -0.05) is 0 Å². The molecule has 0 bridgehead atoms. The average molecular weight is 442 g/mol. The number of benzene rings is 2. The lowest BCUT2D eigenvalue weighted by Crippen LogP contribution is -2.32. The predicted octanol–water partition coefficient (Wildman–Crippen LogP) is 3.63. The van der Waals surface area contributed by atoms with Crippen molar-refractivity contribution < 1.29 is 18.0 Å². The Bertz CT molecular complexity index is 1090. The molecule has 2 aliphatic rings. The predicted molar refractivity (Wildman–Crippen MR) is 122 cm³/mol. The van der Waals surface area contributed by atoms with Crippen molar-refractivity contribution in [1.29, 1.82) is 0 Å². The number of carbonyl (C=O) groups excluding carboxylic acids is 2. The van der Waals surface area contributed by atoms with Crippen LogP contribution in [0, 0.1) is 5.41 Å². The fraction of sp³-hybridized carbons (Fsp3) is 0.391. The van der Waals surface area contributed by atoms with Crippen molar-refractivity contribution >= 4 is 38.9 Å². The lowest BCUT2D eigenvalue weighted by atomic mass is 9.95. The summed E-state index contributed by atoms with van der Waals surface area (Å²) in [5, 5.41) is 2.86. The summed E-state index contributed by atoms with van der Waals surface area (Å²) in [6.07, 6.45) is 3.69. The topological polar surface area (TPSA) is 86.8 Å². The van der Waals surface area contributed by atoms with E-state index in [1.54, 1.807) is 13.8 Å². The van der Waals surface area contributed by atoms with Gasteiger partial charge >= 0.3 is 0 Å². The molecule has 0 radical (unpaired) electrons. The zero-order chi connectivity index (χ0) is 22.2. The molecule has 2 heterocycles. The number of amides is 2. The third kappa shape index (κ3) is 4.30. The van der Waals surface area contributed by atoms with Crippen LogP contribution in [-0.2, 0) is 14.8 Å². The molecule has 0 unspecified atom stereocenters. The lowest BCUT2D eigenvalue weighted by molar-refractivity contribution is -0.123. The zero-order valence-electron chi connectivity index (χ0n) is 17.8. The van der Waals surface area contributed by atoms with E-state index in [0.29, 0.717) is 11.3 Å². The van der Waals surface area contributed by atoms with Gasteiger partial charge in [0.15, 0.2) is 0 Å². The van der Waals surface area contributed by atoms with Crippen LogP contribution in [0.5, 0.6) is 0 Å². The van der Waals surface area contributed by atoms with Gasteiger partial charge in [-0.15, -0.1) is 0 Å². The fourth-order valence-corrected chi connectivity index (χ4v) is 6.23. The van der Waals surface area contributed by atoms with Crippen LogP contribution in [0.25, 0.3) is 0 Å². The Labute approximate surface area is 183 Å². The highest BCUT2D eigenvalue weighted by Gasteiger charge is 2.49. The molecule has 164 valence electrons. The maximum absolute atomic E-state index is 12.6. The SMILES string of the molecule is CC1(C)CS(=O)(=O)N(c2ccc(C(=O)Nc3ccc(N4CCCCC4)cc3)cc2)C1=O. The average Bonchev–Trinajstić information content (AvgIpc) is 2.91. The third-order valence-corrected chi connectivity index (χ3v) is 7.81. The molecule has 1 N–H and O–H groups in total. The van der Waals surface area contributed by atoms with E-state index in [2.05, 4.69) is 10.2 Å². The van der Waals surface area contributed by atoms with Gasteiger partial charge in [0.05, 0.1) is 16.9 Å². The molecule has 8 heteroatoms. The molecule has 2 fully saturated rings. The van der Waals surface area contributed by atoms with Gasteiger partial charge in [0, 0.05) is 30.0 Å². The minimum absolute atomic E-state index is 0.228. The molecular weight excluding hydrogens is 414 g/mol. The Kier molecular flexibility index (Phi) is 5.51. The smallest absolute Gasteiger partial charge is 0.255 e. The maximum atomic E-state index is 12.6. The lowest BCUT2D eigenvalue weighted by Gasteiger charge is -2.28. The molecule has 4 rings (SSSR count). The van der Waals surface area contributed by atoms with Crippen molar-refractivity contribution in [3.8, 4) is 0 Å². The van der Waals surface area contributed by atoms with Gasteiger partial charge in [0.2, 0.25) is 15.9 Å². The molecule has 2 saturated heterocycles. The van der Waals surface area contributed by atoms with E-state index < -0.39 is 21.3 Å². The van der Waals surface area contributed by atoms with Crippen molar-refractivity contribution in [2.24, 2.45) is 5.41 Å². The first kappa shape index (κ1) is 21.4. The van der Waals surface area contributed by atoms with Gasteiger partial charge in [0.1, 0.15) is 0 Å². The Hall–Kier alpha value is -2.87. The number of piperidine rings is 1. The normalized spacial score (nSPS) is 20.0. The number of sulfonamides is 1. The van der Waals surface area contributed by atoms with Crippen LogP contribution in [0.2, 0.25) is 0 Å². The molecule has 2 aromatic rings. The molecule has 7 nitrogen and oxygen atoms in total. The van der Waals surface area contributed by atoms with E-state index in [4.69, 9.17) is 0 Å². The minimum Gasteiger partial charge on any atom is -0.372 e. The van der Waals surface area contributed by atoms with E-state index in [-0.39, 0.29) is 17.3 Å². The van der Waals surface area contributed by atoms with E-state index in [9.17, 15) is 18.0 Å². The molecule has 0 aliphatic carbocycles. The van der Waals surface area contributed by atoms with Crippen LogP contribution in [-0.4, -0.2) is 39.1 Å². The number of nitrogens with one attached hydrogen (secondary N) is 1. The maximum Gasteiger partial charge on any atom is 0.255 e. The Morgan fingerprint density at radius 1 is 0.903 bits per heavy atom. The van der Waals surface area contributed by atoms with Crippen molar-refractivity contribution in [3.05, 3.63) is 54.1 Å². The summed E-state index contributed by atoms with van der Waals surface area (Å²) in [7, 11) is -3.71. The first-order chi connectivity index (χ1) is 14.7. The van der Waals surface area contributed by atoms with Crippen LogP contribution in [0.4, 0.5) is 17.1 Å². The van der Waals surface area contributed by atoms with Crippen LogP contribution >= 0.6 is 0 Å². The van der Waals surface area contributed by atoms with Gasteiger partial charge in [-0.25, -0.2) is 12.7 Å². The second-order valence-corrected chi connectivity index (χ2v) is 10.6. The number of rotatable bonds is 4. The summed E-state index contributed by atoms with van der Waals surface area (Å²) < 4.78 is 25.7. The highest BCUT2D eigenvalue weighted by molar-refractivity contribution is 7.94. The number of anilines is 3. The number of carbonyl (C=O) groups is 2. The first-order valence-electron chi connectivity index (χ1n) is 10.5. The van der Waals surface area contributed by atoms with Gasteiger partial charge < -0.3 is 10.2 Å². The quantitative estimate of drug-likeness (QED) is 0.783. The van der Waals surface area contributed by atoms with E-state index in [1.807, 2.05) is 24.3 Å². The summed E-state index contributed by atoms with van der Waals surface area (Å²) in [6, 6.07) is 13.8. The van der Waals surface area contributed by atoms with Crippen molar-refractivity contribution in [3.63, 3.8) is 0 Å². The third-order valence-electron chi connectivity index (χ3n) is 5.80. The Morgan fingerprint density at radius 2 is 1.48 bits per heavy atom. The van der Waals surface area contributed by atoms with Crippen molar-refractivity contribution in [1.82, 2.24) is 0 Å². The van der Waals surface area contributed by atoms with Crippen LogP contribution in [0.3, 0.4) is 0 Å². The highest BCUT2D eigenvalue weighted by Crippen LogP contribution is 2.35. The standard InChI is InChI=1S/C23H27N3O4S/c1-23(2)16-31(29,30)26(22(23)28)20-10-6-17(7-11-20)21(27)24-18-8-12-19(13-9-18)25-14-4-3-5-15-25/h6-13H,3-5,14-16H2,1-2H3,(H,24,27). The Balaban J connectivity index is 1.45. The largest absolute Gasteiger partial charge is 0.372 e. The molecular formula is C23H27N3O4S. The number of hydrogen-bond acceptors (Lipinski definition) is 5. The molecule has 0 spiro atoms. The number of nitrogens with zero attached hydrogens (tertiary/aromatic N) is 2. The highest BCUT2D eigenvalue weighted by atomic mass is 32.2. The van der Waals surface area contributed by atoms with E-state index in [0.717, 1.165) is 23.1 Å².